The third kappa shape index (κ3) is 4.70. The van der Waals surface area contributed by atoms with Gasteiger partial charge in [0, 0.05) is 11.9 Å². The minimum Gasteiger partial charge on any atom is -0.267 e. The number of amides is 2. The summed E-state index contributed by atoms with van der Waals surface area (Å²) in [6.07, 6.45) is 2.72. The van der Waals surface area contributed by atoms with Crippen molar-refractivity contribution in [3.8, 4) is 5.69 Å². The number of nitrogens with zero attached hydrogens (tertiary/aromatic N) is 5. The van der Waals surface area contributed by atoms with E-state index in [1.165, 1.54) is 9.48 Å². The van der Waals surface area contributed by atoms with Crippen molar-refractivity contribution in [2.45, 2.75) is 39.7 Å². The number of aromatic nitrogens is 5. The van der Waals surface area contributed by atoms with Crippen LogP contribution in [0.3, 0.4) is 0 Å². The number of fused-ring (bicyclic) bond motifs is 1. The average Bonchev–Trinajstić information content (AvgIpc) is 3.26. The summed E-state index contributed by atoms with van der Waals surface area (Å²) in [5.41, 5.74) is 5.75. The second-order valence-electron chi connectivity index (χ2n) is 7.80. The number of hydrazine groups is 1. The summed E-state index contributed by atoms with van der Waals surface area (Å²) in [6.45, 7) is 4.13. The third-order valence-electron chi connectivity index (χ3n) is 5.33. The lowest BCUT2D eigenvalue weighted by Crippen LogP contribution is -2.43. The second kappa shape index (κ2) is 10.1. The Labute approximate surface area is 195 Å². The van der Waals surface area contributed by atoms with Crippen LogP contribution in [0.5, 0.6) is 0 Å². The predicted octanol–water partition coefficient (Wildman–Crippen LogP) is 2.55. The number of carbonyl (C=O) groups excluding carboxylic acids is 2. The van der Waals surface area contributed by atoms with Gasteiger partial charge in [0.1, 0.15) is 0 Å². The van der Waals surface area contributed by atoms with E-state index in [0.717, 1.165) is 19.3 Å². The molecule has 0 saturated heterocycles. The fraction of sp³-hybridized carbons (Fsp3) is 0.250. The summed E-state index contributed by atoms with van der Waals surface area (Å²) in [4.78, 5) is 39.8. The predicted molar refractivity (Wildman–Crippen MR) is 127 cm³/mol. The minimum absolute atomic E-state index is 0.0525. The maximum Gasteiger partial charge on any atom is 0.292 e. The number of unbranched alkanes of at least 4 members (excludes halogenated alkanes) is 2. The number of hydrogen-bond acceptors (Lipinski definition) is 6. The molecule has 2 heterocycles. The molecule has 0 aliphatic heterocycles. The second-order valence-corrected chi connectivity index (χ2v) is 7.80. The van der Waals surface area contributed by atoms with Crippen LogP contribution < -0.4 is 16.4 Å². The molecule has 2 amide bonds. The molecule has 4 rings (SSSR count). The maximum atomic E-state index is 13.0. The Morgan fingerprint density at radius 3 is 2.18 bits per heavy atom. The molecular formula is C24H25N7O3. The van der Waals surface area contributed by atoms with Crippen molar-refractivity contribution in [2.75, 3.05) is 0 Å². The standard InChI is InChI=1S/C24H25N7O3/c1-3-4-10-15-30-24(34)19-14-9-8-13-18(19)21(28-30)23(33)26-25-22(32)20-16(2)27-31(29-20)17-11-6-5-7-12-17/h5-9,11-14H,3-4,10,15H2,1-2H3,(H,25,32)(H,26,33). The summed E-state index contributed by atoms with van der Waals surface area (Å²) in [5.74, 6) is -1.25. The SMILES string of the molecule is CCCCCn1nc(C(=O)NNC(=O)c2nn(-c3ccccc3)nc2C)c2ccccc2c1=O. The first-order valence-corrected chi connectivity index (χ1v) is 11.1. The Kier molecular flexibility index (Phi) is 6.77. The van der Waals surface area contributed by atoms with E-state index in [1.807, 2.05) is 30.3 Å². The van der Waals surface area contributed by atoms with Gasteiger partial charge in [-0.3, -0.25) is 25.2 Å². The molecule has 2 N–H and O–H groups in total. The van der Waals surface area contributed by atoms with E-state index < -0.39 is 11.8 Å². The molecule has 10 nitrogen and oxygen atoms in total. The molecule has 0 unspecified atom stereocenters. The number of nitrogens with one attached hydrogen (secondary N) is 2. The summed E-state index contributed by atoms with van der Waals surface area (Å²) >= 11 is 0. The smallest absolute Gasteiger partial charge is 0.267 e. The minimum atomic E-state index is -0.637. The van der Waals surface area contributed by atoms with Crippen molar-refractivity contribution in [1.82, 2.24) is 35.6 Å². The highest BCUT2D eigenvalue weighted by Gasteiger charge is 2.20. The van der Waals surface area contributed by atoms with Gasteiger partial charge in [0.2, 0.25) is 0 Å². The maximum absolute atomic E-state index is 13.0. The van der Waals surface area contributed by atoms with Crippen LogP contribution in [0.1, 0.15) is 52.9 Å². The number of benzene rings is 2. The highest BCUT2D eigenvalue weighted by Crippen LogP contribution is 2.14. The molecule has 0 atom stereocenters. The Bertz CT molecular complexity index is 1390. The zero-order valence-corrected chi connectivity index (χ0v) is 19.0. The summed E-state index contributed by atoms with van der Waals surface area (Å²) < 4.78 is 1.31. The molecule has 2 aromatic carbocycles. The van der Waals surface area contributed by atoms with E-state index in [0.29, 0.717) is 28.7 Å². The average molecular weight is 460 g/mol. The van der Waals surface area contributed by atoms with Crippen molar-refractivity contribution in [3.05, 3.63) is 82.0 Å². The molecule has 0 spiro atoms. The van der Waals surface area contributed by atoms with Gasteiger partial charge in [-0.1, -0.05) is 56.2 Å². The lowest BCUT2D eigenvalue weighted by Gasteiger charge is -2.11. The van der Waals surface area contributed by atoms with Gasteiger partial charge in [-0.25, -0.2) is 4.68 Å². The number of rotatable bonds is 7. The molecule has 34 heavy (non-hydrogen) atoms. The fourth-order valence-corrected chi connectivity index (χ4v) is 3.56. The molecule has 0 aliphatic rings. The van der Waals surface area contributed by atoms with Gasteiger partial charge in [-0.2, -0.15) is 15.0 Å². The zero-order chi connectivity index (χ0) is 24.1. The monoisotopic (exact) mass is 459 g/mol. The van der Waals surface area contributed by atoms with E-state index in [9.17, 15) is 14.4 Å². The Morgan fingerprint density at radius 1 is 0.824 bits per heavy atom. The molecule has 174 valence electrons. The number of hydrogen-bond donors (Lipinski definition) is 2. The van der Waals surface area contributed by atoms with Crippen molar-refractivity contribution >= 4 is 22.6 Å². The van der Waals surface area contributed by atoms with Crippen molar-refractivity contribution < 1.29 is 9.59 Å². The molecular weight excluding hydrogens is 434 g/mol. The van der Waals surface area contributed by atoms with Crippen molar-refractivity contribution in [1.29, 1.82) is 0 Å². The van der Waals surface area contributed by atoms with Crippen LogP contribution in [-0.2, 0) is 6.54 Å². The van der Waals surface area contributed by atoms with E-state index in [1.54, 1.807) is 31.2 Å². The first-order chi connectivity index (χ1) is 16.5. The third-order valence-corrected chi connectivity index (χ3v) is 5.33. The van der Waals surface area contributed by atoms with Crippen LogP contribution in [0.15, 0.2) is 59.4 Å². The van der Waals surface area contributed by atoms with Crippen LogP contribution >= 0.6 is 0 Å². The van der Waals surface area contributed by atoms with Gasteiger partial charge >= 0.3 is 0 Å². The molecule has 0 radical (unpaired) electrons. The number of aryl methyl sites for hydroxylation is 2. The number of carbonyl (C=O) groups is 2. The molecule has 0 fully saturated rings. The Balaban J connectivity index is 1.55. The zero-order valence-electron chi connectivity index (χ0n) is 19.0. The fourth-order valence-electron chi connectivity index (χ4n) is 3.56. The Hall–Kier alpha value is -4.34. The highest BCUT2D eigenvalue weighted by molar-refractivity contribution is 6.05. The summed E-state index contributed by atoms with van der Waals surface area (Å²) in [7, 11) is 0. The van der Waals surface area contributed by atoms with Crippen LogP contribution in [0.2, 0.25) is 0 Å². The van der Waals surface area contributed by atoms with Crippen LogP contribution in [0.4, 0.5) is 0 Å². The lowest BCUT2D eigenvalue weighted by molar-refractivity contribution is 0.0840. The number of para-hydroxylation sites is 1. The van der Waals surface area contributed by atoms with Crippen LogP contribution in [0.25, 0.3) is 16.5 Å². The van der Waals surface area contributed by atoms with Gasteiger partial charge in [0.05, 0.1) is 16.8 Å². The quantitative estimate of drug-likeness (QED) is 0.323. The van der Waals surface area contributed by atoms with Crippen LogP contribution in [-0.4, -0.2) is 36.6 Å². The largest absolute Gasteiger partial charge is 0.292 e. The molecule has 2 aromatic heterocycles. The summed E-state index contributed by atoms with van der Waals surface area (Å²) in [6, 6.07) is 16.0. The van der Waals surface area contributed by atoms with E-state index in [4.69, 9.17) is 0 Å². The van der Waals surface area contributed by atoms with Gasteiger partial charge < -0.3 is 0 Å². The van der Waals surface area contributed by atoms with Gasteiger partial charge in [0.15, 0.2) is 11.4 Å². The van der Waals surface area contributed by atoms with Crippen molar-refractivity contribution in [2.24, 2.45) is 0 Å². The first kappa shape index (κ1) is 22.8. The molecule has 0 aliphatic carbocycles. The van der Waals surface area contributed by atoms with E-state index in [-0.39, 0.29) is 16.9 Å². The molecule has 0 saturated carbocycles. The lowest BCUT2D eigenvalue weighted by atomic mass is 10.1. The van der Waals surface area contributed by atoms with Gasteiger partial charge in [-0.05, 0) is 31.5 Å². The van der Waals surface area contributed by atoms with E-state index >= 15 is 0 Å². The Morgan fingerprint density at radius 2 is 1.47 bits per heavy atom. The van der Waals surface area contributed by atoms with Gasteiger partial charge in [-0.15, -0.1) is 5.10 Å². The van der Waals surface area contributed by atoms with Gasteiger partial charge in [0.25, 0.3) is 17.4 Å². The highest BCUT2D eigenvalue weighted by atomic mass is 16.2. The molecule has 10 heteroatoms. The first-order valence-electron chi connectivity index (χ1n) is 11.1. The molecule has 0 bridgehead atoms. The normalized spacial score (nSPS) is 10.9. The van der Waals surface area contributed by atoms with Crippen molar-refractivity contribution in [3.63, 3.8) is 0 Å². The van der Waals surface area contributed by atoms with Crippen LogP contribution in [0, 0.1) is 6.92 Å². The summed E-state index contributed by atoms with van der Waals surface area (Å²) in [5, 5.41) is 13.6. The van der Waals surface area contributed by atoms with E-state index in [2.05, 4.69) is 33.1 Å². The topological polar surface area (TPSA) is 124 Å². The molecule has 4 aromatic rings.